The molecule has 2 atom stereocenters. The maximum Gasteiger partial charge on any atom is 0.231 e. The van der Waals surface area contributed by atoms with Crippen molar-refractivity contribution >= 4 is 11.8 Å². The highest BCUT2D eigenvalue weighted by molar-refractivity contribution is 5.89. The lowest BCUT2D eigenvalue weighted by Gasteiger charge is -2.26. The number of nitrogens with zero attached hydrogens (tertiary/aromatic N) is 1. The fourth-order valence-electron chi connectivity index (χ4n) is 3.88. The summed E-state index contributed by atoms with van der Waals surface area (Å²) in [5.74, 6) is 2.24. The summed E-state index contributed by atoms with van der Waals surface area (Å²) in [5.41, 5.74) is 0.945. The molecule has 30 heavy (non-hydrogen) atoms. The molecule has 2 amide bonds. The maximum absolute atomic E-state index is 12.6. The zero-order valence-corrected chi connectivity index (χ0v) is 16.3. The number of nitrogens with one attached hydrogen (secondary N) is 1. The molecule has 0 saturated carbocycles. The van der Waals surface area contributed by atoms with Crippen LogP contribution in [-0.2, 0) is 16.1 Å². The van der Waals surface area contributed by atoms with E-state index < -0.39 is 0 Å². The number of para-hydroxylation sites is 2. The Hall–Kier alpha value is -3.42. The monoisotopic (exact) mass is 410 g/mol. The lowest BCUT2D eigenvalue weighted by Crippen LogP contribution is -2.43. The molecule has 2 unspecified atom stereocenters. The molecule has 5 rings (SSSR count). The molecule has 3 aliphatic heterocycles. The highest BCUT2D eigenvalue weighted by atomic mass is 16.7. The second-order valence-corrected chi connectivity index (χ2v) is 7.61. The molecule has 8 heteroatoms. The van der Waals surface area contributed by atoms with Crippen molar-refractivity contribution in [3.8, 4) is 23.0 Å². The second kappa shape index (κ2) is 7.78. The van der Waals surface area contributed by atoms with Crippen LogP contribution in [-0.4, -0.2) is 49.3 Å². The van der Waals surface area contributed by atoms with Gasteiger partial charge in [0.1, 0.15) is 12.7 Å². The van der Waals surface area contributed by atoms with Crippen molar-refractivity contribution in [2.45, 2.75) is 19.1 Å². The smallest absolute Gasteiger partial charge is 0.231 e. The van der Waals surface area contributed by atoms with Gasteiger partial charge in [-0.15, -0.1) is 0 Å². The van der Waals surface area contributed by atoms with Crippen molar-refractivity contribution in [1.29, 1.82) is 0 Å². The van der Waals surface area contributed by atoms with E-state index in [1.54, 1.807) is 4.90 Å². The zero-order chi connectivity index (χ0) is 20.5. The third-order valence-corrected chi connectivity index (χ3v) is 5.47. The van der Waals surface area contributed by atoms with E-state index in [2.05, 4.69) is 5.32 Å². The van der Waals surface area contributed by atoms with E-state index in [1.165, 1.54) is 0 Å². The Morgan fingerprint density at radius 2 is 1.83 bits per heavy atom. The van der Waals surface area contributed by atoms with E-state index in [-0.39, 0.29) is 37.0 Å². The van der Waals surface area contributed by atoms with Crippen molar-refractivity contribution in [3.63, 3.8) is 0 Å². The van der Waals surface area contributed by atoms with Gasteiger partial charge < -0.3 is 29.2 Å². The van der Waals surface area contributed by atoms with E-state index in [4.69, 9.17) is 18.9 Å². The van der Waals surface area contributed by atoms with Gasteiger partial charge in [-0.25, -0.2) is 0 Å². The maximum atomic E-state index is 12.6. The van der Waals surface area contributed by atoms with Crippen molar-refractivity contribution in [2.75, 3.05) is 26.5 Å². The standard InChI is InChI=1S/C22H22N2O6/c25-21-8-15(11-24(21)10-14-5-6-18-20(7-14)29-13-28-18)22(26)23-9-16-12-27-17-3-1-2-4-19(17)30-16/h1-7,15-16H,8-13H2,(H,23,26). The first-order chi connectivity index (χ1) is 14.7. The predicted molar refractivity (Wildman–Crippen MR) is 105 cm³/mol. The number of amides is 2. The summed E-state index contributed by atoms with van der Waals surface area (Å²) in [4.78, 5) is 26.7. The Morgan fingerprint density at radius 1 is 1.03 bits per heavy atom. The van der Waals surface area contributed by atoms with Crippen LogP contribution < -0.4 is 24.3 Å². The van der Waals surface area contributed by atoms with Crippen molar-refractivity contribution in [2.24, 2.45) is 5.92 Å². The van der Waals surface area contributed by atoms with Crippen molar-refractivity contribution < 1.29 is 28.5 Å². The van der Waals surface area contributed by atoms with Gasteiger partial charge in [-0.3, -0.25) is 9.59 Å². The van der Waals surface area contributed by atoms with E-state index in [9.17, 15) is 9.59 Å². The molecule has 3 heterocycles. The molecule has 156 valence electrons. The SMILES string of the molecule is O=C(NCC1COc2ccccc2O1)C1CC(=O)N(Cc2ccc3c(c2)OCO3)C1. The van der Waals surface area contributed by atoms with E-state index >= 15 is 0 Å². The van der Waals surface area contributed by atoms with Crippen LogP contribution in [0.4, 0.5) is 0 Å². The van der Waals surface area contributed by atoms with Gasteiger partial charge >= 0.3 is 0 Å². The number of carbonyl (C=O) groups excluding carboxylic acids is 2. The van der Waals surface area contributed by atoms with Crippen LogP contribution in [0.5, 0.6) is 23.0 Å². The molecule has 0 spiro atoms. The summed E-state index contributed by atoms with van der Waals surface area (Å²) >= 11 is 0. The molecule has 2 aromatic carbocycles. The summed E-state index contributed by atoms with van der Waals surface area (Å²) < 4.78 is 22.2. The zero-order valence-electron chi connectivity index (χ0n) is 16.3. The third-order valence-electron chi connectivity index (χ3n) is 5.47. The molecule has 1 saturated heterocycles. The molecular formula is C22H22N2O6. The Bertz CT molecular complexity index is 978. The molecule has 8 nitrogen and oxygen atoms in total. The molecule has 1 fully saturated rings. The summed E-state index contributed by atoms with van der Waals surface area (Å²) in [6.07, 6.45) is -0.0491. The van der Waals surface area contributed by atoms with Gasteiger partial charge in [0.25, 0.3) is 0 Å². The van der Waals surface area contributed by atoms with E-state index in [1.807, 2.05) is 42.5 Å². The van der Waals surface area contributed by atoms with Crippen LogP contribution in [0.2, 0.25) is 0 Å². The van der Waals surface area contributed by atoms with Crippen LogP contribution in [0.15, 0.2) is 42.5 Å². The number of hydrogen-bond acceptors (Lipinski definition) is 6. The topological polar surface area (TPSA) is 86.3 Å². The Labute approximate surface area is 173 Å². The first-order valence-electron chi connectivity index (χ1n) is 9.98. The number of hydrogen-bond donors (Lipinski definition) is 1. The normalized spacial score (nSPS) is 21.6. The van der Waals surface area contributed by atoms with Gasteiger partial charge in [0.05, 0.1) is 12.5 Å². The Kier molecular flexibility index (Phi) is 4.82. The van der Waals surface area contributed by atoms with Crippen LogP contribution in [0.25, 0.3) is 0 Å². The number of carbonyl (C=O) groups is 2. The summed E-state index contributed by atoms with van der Waals surface area (Å²) in [5, 5.41) is 2.90. The minimum Gasteiger partial charge on any atom is -0.486 e. The molecule has 1 N–H and O–H groups in total. The first kappa shape index (κ1) is 18.6. The van der Waals surface area contributed by atoms with Gasteiger partial charge in [0, 0.05) is 19.5 Å². The molecule has 2 aromatic rings. The molecule has 3 aliphatic rings. The lowest BCUT2D eigenvalue weighted by atomic mass is 10.1. The van der Waals surface area contributed by atoms with Gasteiger partial charge in [-0.1, -0.05) is 18.2 Å². The Morgan fingerprint density at radius 3 is 2.73 bits per heavy atom. The predicted octanol–water partition coefficient (Wildman–Crippen LogP) is 1.72. The third kappa shape index (κ3) is 3.72. The van der Waals surface area contributed by atoms with Gasteiger partial charge in [0.2, 0.25) is 18.6 Å². The molecule has 0 aromatic heterocycles. The lowest BCUT2D eigenvalue weighted by molar-refractivity contribution is -0.129. The van der Waals surface area contributed by atoms with Crippen LogP contribution in [0.1, 0.15) is 12.0 Å². The number of rotatable bonds is 5. The van der Waals surface area contributed by atoms with E-state index in [0.29, 0.717) is 49.2 Å². The average molecular weight is 410 g/mol. The van der Waals surface area contributed by atoms with E-state index in [0.717, 1.165) is 5.56 Å². The van der Waals surface area contributed by atoms with Gasteiger partial charge in [-0.05, 0) is 29.8 Å². The molecular weight excluding hydrogens is 388 g/mol. The fraction of sp³-hybridized carbons (Fsp3) is 0.364. The van der Waals surface area contributed by atoms with Gasteiger partial charge in [0.15, 0.2) is 23.0 Å². The summed E-state index contributed by atoms with van der Waals surface area (Å²) in [7, 11) is 0. The highest BCUT2D eigenvalue weighted by Crippen LogP contribution is 2.33. The molecule has 0 aliphatic carbocycles. The van der Waals surface area contributed by atoms with Crippen LogP contribution in [0, 0.1) is 5.92 Å². The van der Waals surface area contributed by atoms with Crippen LogP contribution >= 0.6 is 0 Å². The second-order valence-electron chi connectivity index (χ2n) is 7.61. The summed E-state index contributed by atoms with van der Waals surface area (Å²) in [6, 6.07) is 13.1. The highest BCUT2D eigenvalue weighted by Gasteiger charge is 2.35. The van der Waals surface area contributed by atoms with Crippen molar-refractivity contribution in [3.05, 3.63) is 48.0 Å². The molecule has 0 bridgehead atoms. The van der Waals surface area contributed by atoms with Crippen LogP contribution in [0.3, 0.4) is 0 Å². The number of ether oxygens (including phenoxy) is 4. The fourth-order valence-corrected chi connectivity index (χ4v) is 3.88. The van der Waals surface area contributed by atoms with Crippen molar-refractivity contribution in [1.82, 2.24) is 10.2 Å². The molecule has 0 radical (unpaired) electrons. The Balaban J connectivity index is 1.13. The minimum atomic E-state index is -0.372. The average Bonchev–Trinajstić information content (AvgIpc) is 3.38. The van der Waals surface area contributed by atoms with Gasteiger partial charge in [-0.2, -0.15) is 0 Å². The minimum absolute atomic E-state index is 0.0287. The number of likely N-dealkylation sites (tertiary alicyclic amines) is 1. The number of benzene rings is 2. The quantitative estimate of drug-likeness (QED) is 0.808. The largest absolute Gasteiger partial charge is 0.486 e. The number of fused-ring (bicyclic) bond motifs is 2. The summed E-state index contributed by atoms with van der Waals surface area (Å²) in [6.45, 7) is 1.75. The first-order valence-corrected chi connectivity index (χ1v) is 9.98.